The van der Waals surface area contributed by atoms with Crippen LogP contribution in [0.1, 0.15) is 11.1 Å². The number of halogens is 1. The lowest BCUT2D eigenvalue weighted by Gasteiger charge is -2.08. The van der Waals surface area contributed by atoms with E-state index in [0.29, 0.717) is 0 Å². The molecule has 4 aromatic carbocycles. The van der Waals surface area contributed by atoms with Crippen LogP contribution in [0.25, 0.3) is 21.5 Å². The quantitative estimate of drug-likeness (QED) is 0.551. The summed E-state index contributed by atoms with van der Waals surface area (Å²) in [5.41, 5.74) is 2.81. The summed E-state index contributed by atoms with van der Waals surface area (Å²) < 4.78 is 0. The van der Waals surface area contributed by atoms with Crippen molar-refractivity contribution in [2.45, 2.75) is 13.1 Å². The molecular weight excluding hydrogens is 358 g/mol. The van der Waals surface area contributed by atoms with Gasteiger partial charge in [-0.2, -0.15) is 0 Å². The van der Waals surface area contributed by atoms with Crippen molar-refractivity contribution < 1.29 is 22.3 Å². The molecule has 0 aliphatic rings. The van der Waals surface area contributed by atoms with E-state index in [2.05, 4.69) is 90.2 Å². The Morgan fingerprint density at radius 2 is 0.917 bits per heavy atom. The summed E-state index contributed by atoms with van der Waals surface area (Å²) in [6, 6.07) is 30.4. The lowest BCUT2D eigenvalue weighted by atomic mass is 10.0. The van der Waals surface area contributed by atoms with Crippen molar-refractivity contribution in [2.75, 3.05) is 0 Å². The van der Waals surface area contributed by atoms with E-state index in [0.717, 1.165) is 13.1 Å². The second-order valence-electron chi connectivity index (χ2n) is 5.97. The second-order valence-corrected chi connectivity index (χ2v) is 5.97. The number of nitrogens with two attached hydrogens (primary N) is 1. The normalized spacial score (nSPS) is 10.7. The first kappa shape index (κ1) is 16.7. The smallest absolute Gasteiger partial charge is 0.102 e. The lowest BCUT2D eigenvalue weighted by Crippen LogP contribution is -3.00. The molecule has 0 aromatic heterocycles. The average Bonchev–Trinajstić information content (AvgIpc) is 2.62. The molecule has 0 heterocycles. The molecule has 4 rings (SSSR count). The van der Waals surface area contributed by atoms with Crippen molar-refractivity contribution >= 4 is 21.5 Å². The molecule has 0 saturated heterocycles. The number of fused-ring (bicyclic) bond motifs is 2. The van der Waals surface area contributed by atoms with Gasteiger partial charge in [0, 0.05) is 11.1 Å². The van der Waals surface area contributed by atoms with E-state index >= 15 is 0 Å². The fraction of sp³-hybridized carbons (Fsp3) is 0.0909. The Bertz CT molecular complexity index is 872. The predicted molar refractivity (Wildman–Crippen MR) is 97.2 cm³/mol. The third-order valence-corrected chi connectivity index (χ3v) is 4.49. The molecule has 2 heteroatoms. The number of hydrogen-bond donors (Lipinski definition) is 1. The van der Waals surface area contributed by atoms with Crippen LogP contribution in [0.3, 0.4) is 0 Å². The Balaban J connectivity index is 0.00000169. The van der Waals surface area contributed by atoms with Gasteiger partial charge in [0.15, 0.2) is 0 Å². The van der Waals surface area contributed by atoms with E-state index < -0.39 is 0 Å². The number of benzene rings is 4. The summed E-state index contributed by atoms with van der Waals surface area (Å²) in [5.74, 6) is 0. The van der Waals surface area contributed by atoms with Gasteiger partial charge in [0.2, 0.25) is 0 Å². The van der Waals surface area contributed by atoms with Gasteiger partial charge in [0.05, 0.1) is 0 Å². The van der Waals surface area contributed by atoms with Crippen molar-refractivity contribution in [1.29, 1.82) is 0 Å². The number of rotatable bonds is 4. The molecule has 0 spiro atoms. The van der Waals surface area contributed by atoms with Crippen LogP contribution in [0.2, 0.25) is 0 Å². The zero-order valence-corrected chi connectivity index (χ0v) is 15.0. The van der Waals surface area contributed by atoms with Gasteiger partial charge in [0.25, 0.3) is 0 Å². The van der Waals surface area contributed by atoms with E-state index in [1.54, 1.807) is 0 Å². The molecule has 0 unspecified atom stereocenters. The van der Waals surface area contributed by atoms with E-state index in [1.165, 1.54) is 32.7 Å². The first-order valence-electron chi connectivity index (χ1n) is 8.17. The third kappa shape index (κ3) is 3.35. The third-order valence-electron chi connectivity index (χ3n) is 4.49. The van der Waals surface area contributed by atoms with Crippen LogP contribution in [-0.2, 0) is 13.1 Å². The van der Waals surface area contributed by atoms with Gasteiger partial charge in [0.1, 0.15) is 13.1 Å². The standard InChI is InChI=1S/C22H19N.BrH/c1-3-13-21-17(7-1)9-5-11-19(21)15-23-16-20-12-6-10-18-8-2-4-14-22(18)20;/h1-14,23H,15-16H2;1H. The first-order chi connectivity index (χ1) is 11.4. The van der Waals surface area contributed by atoms with E-state index in [4.69, 9.17) is 0 Å². The van der Waals surface area contributed by atoms with Crippen LogP contribution in [0.15, 0.2) is 84.9 Å². The zero-order valence-electron chi connectivity index (χ0n) is 13.5. The Labute approximate surface area is 153 Å². The van der Waals surface area contributed by atoms with Crippen molar-refractivity contribution in [3.63, 3.8) is 0 Å². The van der Waals surface area contributed by atoms with Gasteiger partial charge in [-0.3, -0.25) is 0 Å². The monoisotopic (exact) mass is 377 g/mol. The van der Waals surface area contributed by atoms with Gasteiger partial charge in [-0.05, 0) is 21.5 Å². The van der Waals surface area contributed by atoms with Crippen LogP contribution in [0.4, 0.5) is 0 Å². The SMILES string of the molecule is [Br-].c1ccc2c(C[NH2+]Cc3cccc4ccccc34)cccc2c1. The highest BCUT2D eigenvalue weighted by molar-refractivity contribution is 5.86. The number of hydrogen-bond acceptors (Lipinski definition) is 0. The van der Waals surface area contributed by atoms with Crippen molar-refractivity contribution in [2.24, 2.45) is 0 Å². The molecule has 0 amide bonds. The molecule has 0 saturated carbocycles. The summed E-state index contributed by atoms with van der Waals surface area (Å²) in [6.07, 6.45) is 0. The molecule has 120 valence electrons. The molecule has 0 bridgehead atoms. The van der Waals surface area contributed by atoms with Gasteiger partial charge in [-0.15, -0.1) is 0 Å². The minimum atomic E-state index is 0. The Hall–Kier alpha value is -2.16. The lowest BCUT2D eigenvalue weighted by molar-refractivity contribution is -0.685. The van der Waals surface area contributed by atoms with Gasteiger partial charge in [-0.25, -0.2) is 0 Å². The highest BCUT2D eigenvalue weighted by Crippen LogP contribution is 2.19. The molecule has 0 aliphatic heterocycles. The largest absolute Gasteiger partial charge is 1.00 e. The molecule has 24 heavy (non-hydrogen) atoms. The van der Waals surface area contributed by atoms with E-state index in [9.17, 15) is 0 Å². The maximum Gasteiger partial charge on any atom is 0.102 e. The molecule has 0 fully saturated rings. The summed E-state index contributed by atoms with van der Waals surface area (Å²) >= 11 is 0. The fourth-order valence-corrected chi connectivity index (χ4v) is 3.32. The summed E-state index contributed by atoms with van der Waals surface area (Å²) in [5, 5.41) is 7.77. The van der Waals surface area contributed by atoms with Gasteiger partial charge >= 0.3 is 0 Å². The molecule has 0 radical (unpaired) electrons. The minimum Gasteiger partial charge on any atom is -1.00 e. The summed E-state index contributed by atoms with van der Waals surface area (Å²) in [6.45, 7) is 2.01. The van der Waals surface area contributed by atoms with Crippen molar-refractivity contribution in [1.82, 2.24) is 0 Å². The molecule has 1 nitrogen and oxygen atoms in total. The Kier molecular flexibility index (Phi) is 5.29. The van der Waals surface area contributed by atoms with Crippen LogP contribution in [-0.4, -0.2) is 0 Å². The summed E-state index contributed by atoms with van der Waals surface area (Å²) in [7, 11) is 0. The van der Waals surface area contributed by atoms with Crippen molar-refractivity contribution in [3.8, 4) is 0 Å². The van der Waals surface area contributed by atoms with Gasteiger partial charge in [-0.1, -0.05) is 84.9 Å². The van der Waals surface area contributed by atoms with Crippen LogP contribution in [0.5, 0.6) is 0 Å². The highest BCUT2D eigenvalue weighted by Gasteiger charge is 2.04. The molecule has 4 aromatic rings. The maximum absolute atomic E-state index is 2.39. The highest BCUT2D eigenvalue weighted by atomic mass is 79.9. The van der Waals surface area contributed by atoms with E-state index in [-0.39, 0.29) is 17.0 Å². The molecule has 0 atom stereocenters. The zero-order chi connectivity index (χ0) is 15.5. The van der Waals surface area contributed by atoms with Crippen LogP contribution < -0.4 is 22.3 Å². The first-order valence-corrected chi connectivity index (χ1v) is 8.17. The average molecular weight is 378 g/mol. The number of quaternary nitrogens is 1. The topological polar surface area (TPSA) is 16.6 Å². The van der Waals surface area contributed by atoms with Crippen LogP contribution >= 0.6 is 0 Å². The Morgan fingerprint density at radius 3 is 1.42 bits per heavy atom. The van der Waals surface area contributed by atoms with Crippen LogP contribution in [0, 0.1) is 0 Å². The summed E-state index contributed by atoms with van der Waals surface area (Å²) in [4.78, 5) is 0. The fourth-order valence-electron chi connectivity index (χ4n) is 3.32. The van der Waals surface area contributed by atoms with Crippen molar-refractivity contribution in [3.05, 3.63) is 96.1 Å². The second kappa shape index (κ2) is 7.61. The molecular formula is C22H20BrN. The molecule has 2 N–H and O–H groups in total. The van der Waals surface area contributed by atoms with E-state index in [1.807, 2.05) is 0 Å². The Morgan fingerprint density at radius 1 is 0.500 bits per heavy atom. The van der Waals surface area contributed by atoms with Gasteiger partial charge < -0.3 is 22.3 Å². The minimum absolute atomic E-state index is 0. The maximum atomic E-state index is 2.39. The predicted octanol–water partition coefficient (Wildman–Crippen LogP) is 1.26. The molecule has 0 aliphatic carbocycles.